The lowest BCUT2D eigenvalue weighted by atomic mass is 10.3. The maximum atomic E-state index is 9.35. The van der Waals surface area contributed by atoms with Crippen LogP contribution in [0, 0.1) is 0 Å². The van der Waals surface area contributed by atoms with Crippen molar-refractivity contribution in [1.29, 1.82) is 0 Å². The Balaban J connectivity index is 2.19. The van der Waals surface area contributed by atoms with Crippen molar-refractivity contribution in [3.63, 3.8) is 0 Å². The van der Waals surface area contributed by atoms with Gasteiger partial charge >= 0.3 is 0 Å². The number of aromatic nitrogens is 2. The summed E-state index contributed by atoms with van der Waals surface area (Å²) in [4.78, 5) is 10.8. The molecule has 1 heterocycles. The predicted molar refractivity (Wildman–Crippen MR) is 66.7 cm³/mol. The number of hydrogen-bond donors (Lipinski definition) is 1. The van der Waals surface area contributed by atoms with E-state index in [1.807, 2.05) is 18.0 Å². The molecule has 1 atom stereocenters. The molecule has 0 amide bonds. The Morgan fingerprint density at radius 3 is 2.81 bits per heavy atom. The summed E-state index contributed by atoms with van der Waals surface area (Å²) in [6.45, 7) is 2.35. The highest BCUT2D eigenvalue weighted by atomic mass is 79.9. The highest BCUT2D eigenvalue weighted by molar-refractivity contribution is 9.10. The zero-order chi connectivity index (χ0) is 11.7. The van der Waals surface area contributed by atoms with Gasteiger partial charge in [-0.3, -0.25) is 0 Å². The average molecular weight is 286 g/mol. The lowest BCUT2D eigenvalue weighted by Gasteiger charge is -2.20. The molecule has 0 aromatic carbocycles. The number of aliphatic hydroxyl groups is 1. The van der Waals surface area contributed by atoms with Crippen molar-refractivity contribution in [3.05, 3.63) is 16.5 Å². The zero-order valence-electron chi connectivity index (χ0n) is 9.52. The topological polar surface area (TPSA) is 49.2 Å². The number of likely N-dealkylation sites (N-methyl/N-ethyl adjacent to an activating group) is 1. The van der Waals surface area contributed by atoms with Crippen LogP contribution in [-0.2, 0) is 0 Å². The Kier molecular flexibility index (Phi) is 3.44. The summed E-state index contributed by atoms with van der Waals surface area (Å²) < 4.78 is 0.817. The summed E-state index contributed by atoms with van der Waals surface area (Å²) in [6.07, 6.45) is 2.02. The minimum atomic E-state index is -0.358. The van der Waals surface area contributed by atoms with Gasteiger partial charge in [0.1, 0.15) is 16.2 Å². The fourth-order valence-corrected chi connectivity index (χ4v) is 2.02. The number of rotatable bonds is 4. The van der Waals surface area contributed by atoms with Crippen LogP contribution in [-0.4, -0.2) is 34.8 Å². The number of aliphatic hydroxyl groups excluding tert-OH is 1. The van der Waals surface area contributed by atoms with Gasteiger partial charge in [-0.05, 0) is 35.7 Å². The molecule has 16 heavy (non-hydrogen) atoms. The number of nitrogens with zero attached hydrogens (tertiary/aromatic N) is 3. The van der Waals surface area contributed by atoms with Gasteiger partial charge < -0.3 is 10.0 Å². The third-order valence-electron chi connectivity index (χ3n) is 2.57. The van der Waals surface area contributed by atoms with E-state index in [4.69, 9.17) is 0 Å². The summed E-state index contributed by atoms with van der Waals surface area (Å²) in [5, 5.41) is 9.35. The van der Waals surface area contributed by atoms with E-state index in [1.165, 1.54) is 12.8 Å². The van der Waals surface area contributed by atoms with Crippen molar-refractivity contribution in [3.8, 4) is 0 Å². The minimum Gasteiger partial charge on any atom is -0.392 e. The first kappa shape index (κ1) is 11.8. The molecule has 0 spiro atoms. The van der Waals surface area contributed by atoms with Gasteiger partial charge in [0, 0.05) is 25.6 Å². The largest absolute Gasteiger partial charge is 0.392 e. The third-order valence-corrected chi connectivity index (χ3v) is 2.98. The van der Waals surface area contributed by atoms with Crippen molar-refractivity contribution < 1.29 is 5.11 Å². The monoisotopic (exact) mass is 285 g/mol. The third kappa shape index (κ3) is 2.92. The average Bonchev–Trinajstić information content (AvgIpc) is 2.98. The maximum Gasteiger partial charge on any atom is 0.135 e. The molecule has 1 aliphatic carbocycles. The van der Waals surface area contributed by atoms with Crippen LogP contribution in [0.1, 0.15) is 31.5 Å². The van der Waals surface area contributed by atoms with Gasteiger partial charge in [0.2, 0.25) is 0 Å². The molecule has 0 bridgehead atoms. The summed E-state index contributed by atoms with van der Waals surface area (Å²) in [7, 11) is 1.93. The SMILES string of the molecule is CC(O)CN(C)c1cc(Br)nc(C2CC2)n1. The molecule has 1 aromatic heterocycles. The van der Waals surface area contributed by atoms with E-state index >= 15 is 0 Å². The number of halogens is 1. The van der Waals surface area contributed by atoms with Gasteiger partial charge in [-0.2, -0.15) is 0 Å². The summed E-state index contributed by atoms with van der Waals surface area (Å²) in [5.41, 5.74) is 0. The first-order valence-electron chi connectivity index (χ1n) is 5.50. The van der Waals surface area contributed by atoms with Gasteiger partial charge in [-0.1, -0.05) is 0 Å². The van der Waals surface area contributed by atoms with Crippen LogP contribution < -0.4 is 4.90 Å². The van der Waals surface area contributed by atoms with Crippen molar-refractivity contribution >= 4 is 21.7 Å². The van der Waals surface area contributed by atoms with Crippen molar-refractivity contribution in [2.24, 2.45) is 0 Å². The molecule has 0 saturated heterocycles. The van der Waals surface area contributed by atoms with E-state index in [1.54, 1.807) is 6.92 Å². The molecule has 1 aliphatic rings. The van der Waals surface area contributed by atoms with Crippen molar-refractivity contribution in [1.82, 2.24) is 9.97 Å². The molecule has 1 saturated carbocycles. The molecule has 1 aromatic rings. The fourth-order valence-electron chi connectivity index (χ4n) is 1.63. The lowest BCUT2D eigenvalue weighted by molar-refractivity contribution is 0.201. The molecule has 1 unspecified atom stereocenters. The first-order chi connectivity index (χ1) is 7.56. The summed E-state index contributed by atoms with van der Waals surface area (Å²) >= 11 is 3.40. The normalized spacial score (nSPS) is 17.2. The Morgan fingerprint density at radius 2 is 2.25 bits per heavy atom. The van der Waals surface area contributed by atoms with Crippen LogP contribution in [0.4, 0.5) is 5.82 Å². The van der Waals surface area contributed by atoms with E-state index in [2.05, 4.69) is 25.9 Å². The maximum absolute atomic E-state index is 9.35. The molecule has 1 fully saturated rings. The molecule has 5 heteroatoms. The highest BCUT2D eigenvalue weighted by Gasteiger charge is 2.27. The van der Waals surface area contributed by atoms with E-state index in [-0.39, 0.29) is 6.10 Å². The highest BCUT2D eigenvalue weighted by Crippen LogP contribution is 2.39. The Morgan fingerprint density at radius 1 is 1.56 bits per heavy atom. The van der Waals surface area contributed by atoms with E-state index in [0.29, 0.717) is 12.5 Å². The van der Waals surface area contributed by atoms with Crippen LogP contribution in [0.25, 0.3) is 0 Å². The number of anilines is 1. The summed E-state index contributed by atoms with van der Waals surface area (Å²) in [6, 6.07) is 1.88. The second-order valence-corrected chi connectivity index (χ2v) is 5.22. The predicted octanol–water partition coefficient (Wildman–Crippen LogP) is 1.93. The quantitative estimate of drug-likeness (QED) is 0.859. The van der Waals surface area contributed by atoms with Gasteiger partial charge in [-0.15, -0.1) is 0 Å². The molecular formula is C11H16BrN3O. The standard InChI is InChI=1S/C11H16BrN3O/c1-7(16)6-15(2)10-5-9(12)13-11(14-10)8-3-4-8/h5,7-8,16H,3-4,6H2,1-2H3. The smallest absolute Gasteiger partial charge is 0.135 e. The van der Waals surface area contributed by atoms with Crippen LogP contribution in [0.3, 0.4) is 0 Å². The molecule has 1 N–H and O–H groups in total. The fraction of sp³-hybridized carbons (Fsp3) is 0.636. The lowest BCUT2D eigenvalue weighted by Crippen LogP contribution is -2.27. The second kappa shape index (κ2) is 4.67. The van der Waals surface area contributed by atoms with Gasteiger partial charge in [0.15, 0.2) is 0 Å². The molecule has 0 aliphatic heterocycles. The van der Waals surface area contributed by atoms with Crippen LogP contribution in [0.2, 0.25) is 0 Å². The van der Waals surface area contributed by atoms with E-state index in [9.17, 15) is 5.11 Å². The Bertz CT molecular complexity index is 379. The van der Waals surface area contributed by atoms with Crippen molar-refractivity contribution in [2.75, 3.05) is 18.5 Å². The molecule has 2 rings (SSSR count). The minimum absolute atomic E-state index is 0.358. The first-order valence-corrected chi connectivity index (χ1v) is 6.29. The summed E-state index contributed by atoms with van der Waals surface area (Å²) in [5.74, 6) is 2.32. The second-order valence-electron chi connectivity index (χ2n) is 4.41. The van der Waals surface area contributed by atoms with Gasteiger partial charge in [0.25, 0.3) is 0 Å². The molecule has 88 valence electrons. The Hall–Kier alpha value is -0.680. The molecular weight excluding hydrogens is 270 g/mol. The van der Waals surface area contributed by atoms with Gasteiger partial charge in [0.05, 0.1) is 6.10 Å². The van der Waals surface area contributed by atoms with Crippen LogP contribution >= 0.6 is 15.9 Å². The molecule has 0 radical (unpaired) electrons. The van der Waals surface area contributed by atoms with Crippen LogP contribution in [0.5, 0.6) is 0 Å². The zero-order valence-corrected chi connectivity index (χ0v) is 11.1. The van der Waals surface area contributed by atoms with E-state index in [0.717, 1.165) is 16.2 Å². The molecule has 4 nitrogen and oxygen atoms in total. The van der Waals surface area contributed by atoms with Crippen molar-refractivity contribution in [2.45, 2.75) is 31.8 Å². The van der Waals surface area contributed by atoms with E-state index < -0.39 is 0 Å². The number of hydrogen-bond acceptors (Lipinski definition) is 4. The Labute approximate surface area is 104 Å². The van der Waals surface area contributed by atoms with Crippen LogP contribution in [0.15, 0.2) is 10.7 Å². The van der Waals surface area contributed by atoms with Gasteiger partial charge in [-0.25, -0.2) is 9.97 Å².